The Balaban J connectivity index is 1.79. The van der Waals surface area contributed by atoms with E-state index in [1.165, 1.54) is 18.2 Å². The van der Waals surface area contributed by atoms with E-state index in [9.17, 15) is 28.2 Å². The van der Waals surface area contributed by atoms with Gasteiger partial charge in [0.15, 0.2) is 5.60 Å². The number of alkyl halides is 3. The van der Waals surface area contributed by atoms with Gasteiger partial charge in [0.05, 0.1) is 12.2 Å². The fourth-order valence-electron chi connectivity index (χ4n) is 3.42. The molecular formula is C20H13BrF3NO4. The van der Waals surface area contributed by atoms with Crippen LogP contribution in [0.1, 0.15) is 22.6 Å². The van der Waals surface area contributed by atoms with Crippen LogP contribution in [0.3, 0.4) is 0 Å². The Hall–Kier alpha value is -2.78. The number of aliphatic hydroxyl groups is 1. The van der Waals surface area contributed by atoms with Gasteiger partial charge in [0.2, 0.25) is 5.76 Å². The van der Waals surface area contributed by atoms with Crippen LogP contribution in [0.25, 0.3) is 0 Å². The number of rotatable bonds is 3. The van der Waals surface area contributed by atoms with E-state index in [0.29, 0.717) is 10.2 Å². The van der Waals surface area contributed by atoms with Gasteiger partial charge < -0.3 is 19.5 Å². The molecule has 5 nitrogen and oxygen atoms in total. The number of nitrogens with zero attached hydrogens (tertiary/aromatic N) is 1. The van der Waals surface area contributed by atoms with Crippen molar-refractivity contribution in [2.45, 2.75) is 18.3 Å². The first kappa shape index (κ1) is 19.5. The van der Waals surface area contributed by atoms with Crippen LogP contribution < -0.4 is 4.90 Å². The third kappa shape index (κ3) is 3.10. The van der Waals surface area contributed by atoms with E-state index in [0.717, 1.165) is 17.0 Å². The van der Waals surface area contributed by atoms with Crippen molar-refractivity contribution in [1.29, 1.82) is 0 Å². The first-order chi connectivity index (χ1) is 13.6. The van der Waals surface area contributed by atoms with Gasteiger partial charge in [0.1, 0.15) is 11.5 Å². The summed E-state index contributed by atoms with van der Waals surface area (Å²) in [6, 6.07) is 12.6. The number of fused-ring (bicyclic) bond motifs is 1. The van der Waals surface area contributed by atoms with Gasteiger partial charge in [-0.3, -0.25) is 4.79 Å². The van der Waals surface area contributed by atoms with Crippen molar-refractivity contribution in [3.05, 3.63) is 81.7 Å². The Morgan fingerprint density at radius 1 is 1.07 bits per heavy atom. The molecule has 0 saturated carbocycles. The molecule has 0 bridgehead atoms. The first-order valence-electron chi connectivity index (χ1n) is 8.41. The molecule has 2 aromatic carbocycles. The Labute approximate surface area is 171 Å². The number of phenolic OH excluding ortho intramolecular Hbond substituents is 1. The number of amides is 1. The summed E-state index contributed by atoms with van der Waals surface area (Å²) in [4.78, 5) is 14.4. The summed E-state index contributed by atoms with van der Waals surface area (Å²) in [5.74, 6) is -2.37. The van der Waals surface area contributed by atoms with Crippen LogP contribution in [0, 0.1) is 0 Å². The van der Waals surface area contributed by atoms with E-state index >= 15 is 0 Å². The van der Waals surface area contributed by atoms with Gasteiger partial charge in [-0.05, 0) is 36.4 Å². The highest BCUT2D eigenvalue weighted by molar-refractivity contribution is 9.10. The van der Waals surface area contributed by atoms with Crippen LogP contribution in [-0.4, -0.2) is 16.1 Å². The quantitative estimate of drug-likeness (QED) is 0.592. The summed E-state index contributed by atoms with van der Waals surface area (Å²) in [6.45, 7) is -0.316. The van der Waals surface area contributed by atoms with Crippen molar-refractivity contribution >= 4 is 27.5 Å². The van der Waals surface area contributed by atoms with Crippen LogP contribution in [0.5, 0.6) is 5.75 Å². The predicted octanol–water partition coefficient (Wildman–Crippen LogP) is 4.55. The van der Waals surface area contributed by atoms with Crippen molar-refractivity contribution in [3.63, 3.8) is 0 Å². The molecule has 4 rings (SSSR count). The number of furan rings is 1. The Morgan fingerprint density at radius 2 is 1.79 bits per heavy atom. The summed E-state index contributed by atoms with van der Waals surface area (Å²) in [5, 5.41) is 21.7. The predicted molar refractivity (Wildman–Crippen MR) is 100 cm³/mol. The minimum atomic E-state index is -4.64. The Morgan fingerprint density at radius 3 is 2.48 bits per heavy atom. The van der Waals surface area contributed by atoms with Gasteiger partial charge in [0, 0.05) is 15.6 Å². The summed E-state index contributed by atoms with van der Waals surface area (Å²) in [5.41, 5.74) is -1.73. The van der Waals surface area contributed by atoms with Gasteiger partial charge in [-0.1, -0.05) is 34.1 Å². The summed E-state index contributed by atoms with van der Waals surface area (Å²) < 4.78 is 43.8. The molecule has 2 N–H and O–H groups in total. The summed E-state index contributed by atoms with van der Waals surface area (Å²) in [6.07, 6.45) is -4.64. The van der Waals surface area contributed by atoms with Crippen molar-refractivity contribution < 1.29 is 32.6 Å². The van der Waals surface area contributed by atoms with Crippen molar-refractivity contribution in [1.82, 2.24) is 0 Å². The number of hydrogen-bond acceptors (Lipinski definition) is 4. The second-order valence-electron chi connectivity index (χ2n) is 6.54. The van der Waals surface area contributed by atoms with Gasteiger partial charge >= 0.3 is 6.18 Å². The van der Waals surface area contributed by atoms with Crippen molar-refractivity contribution in [2.24, 2.45) is 0 Å². The number of para-hydroxylation sites is 1. The number of carbonyl (C=O) groups excluding carboxylic acids is 1. The number of benzene rings is 2. The van der Waals surface area contributed by atoms with E-state index in [1.54, 1.807) is 24.3 Å². The number of carbonyl (C=O) groups is 1. The molecule has 1 aliphatic rings. The third-order valence-corrected chi connectivity index (χ3v) is 5.24. The molecule has 1 aliphatic heterocycles. The monoisotopic (exact) mass is 467 g/mol. The molecule has 0 saturated heterocycles. The number of halogens is 4. The van der Waals surface area contributed by atoms with E-state index in [4.69, 9.17) is 4.42 Å². The number of aromatic hydroxyl groups is 1. The Kier molecular flexibility index (Phi) is 4.47. The molecule has 9 heteroatoms. The highest BCUT2D eigenvalue weighted by atomic mass is 79.9. The third-order valence-electron chi connectivity index (χ3n) is 4.74. The van der Waals surface area contributed by atoms with E-state index in [2.05, 4.69) is 15.9 Å². The van der Waals surface area contributed by atoms with Gasteiger partial charge in [-0.15, -0.1) is 0 Å². The van der Waals surface area contributed by atoms with E-state index < -0.39 is 23.4 Å². The number of phenols is 1. The van der Waals surface area contributed by atoms with E-state index in [-0.39, 0.29) is 29.2 Å². The van der Waals surface area contributed by atoms with Gasteiger partial charge in [-0.2, -0.15) is 13.2 Å². The lowest BCUT2D eigenvalue weighted by molar-refractivity contribution is -0.153. The maximum Gasteiger partial charge on any atom is 0.449 e. The second kappa shape index (κ2) is 6.64. The van der Waals surface area contributed by atoms with Crippen LogP contribution in [0.15, 0.2) is 63.5 Å². The lowest BCUT2D eigenvalue weighted by Gasteiger charge is -2.24. The summed E-state index contributed by atoms with van der Waals surface area (Å²) in [7, 11) is 0. The SMILES string of the molecule is O=C1N(Cc2ccc(C(F)(F)F)o2)c2ccccc2C1(O)c1cc(Br)ccc1O. The molecule has 2 heterocycles. The molecule has 1 atom stereocenters. The average Bonchev–Trinajstić information content (AvgIpc) is 3.23. The standard InChI is InChI=1S/C20H13BrF3NO4/c21-11-5-7-16(26)14(9-11)19(28)13-3-1-2-4-15(13)25(18(19)27)10-12-6-8-17(29-12)20(22,23)24/h1-9,26,28H,10H2. The molecule has 150 valence electrons. The Bertz CT molecular complexity index is 1110. The molecule has 1 amide bonds. The topological polar surface area (TPSA) is 73.9 Å². The minimum Gasteiger partial charge on any atom is -0.508 e. The largest absolute Gasteiger partial charge is 0.508 e. The number of hydrogen-bond donors (Lipinski definition) is 2. The molecule has 3 aromatic rings. The number of anilines is 1. The minimum absolute atomic E-state index is 0.0396. The zero-order valence-electron chi connectivity index (χ0n) is 14.6. The molecule has 0 radical (unpaired) electrons. The van der Waals surface area contributed by atoms with Crippen LogP contribution in [-0.2, 0) is 23.1 Å². The molecule has 0 aliphatic carbocycles. The van der Waals surface area contributed by atoms with Crippen LogP contribution in [0.2, 0.25) is 0 Å². The van der Waals surface area contributed by atoms with Crippen LogP contribution in [0.4, 0.5) is 18.9 Å². The first-order valence-corrected chi connectivity index (χ1v) is 9.20. The summed E-state index contributed by atoms with van der Waals surface area (Å²) >= 11 is 3.25. The highest BCUT2D eigenvalue weighted by Crippen LogP contribution is 2.48. The zero-order valence-corrected chi connectivity index (χ0v) is 16.2. The zero-order chi connectivity index (χ0) is 21.0. The highest BCUT2D eigenvalue weighted by Gasteiger charge is 2.52. The maximum atomic E-state index is 13.2. The van der Waals surface area contributed by atoms with Crippen molar-refractivity contribution in [2.75, 3.05) is 4.90 Å². The molecular weight excluding hydrogens is 455 g/mol. The van der Waals surface area contributed by atoms with Gasteiger partial charge in [0.25, 0.3) is 5.91 Å². The molecule has 1 aromatic heterocycles. The fourth-order valence-corrected chi connectivity index (χ4v) is 3.78. The molecule has 29 heavy (non-hydrogen) atoms. The van der Waals surface area contributed by atoms with E-state index in [1.807, 2.05) is 0 Å². The van der Waals surface area contributed by atoms with Gasteiger partial charge in [-0.25, -0.2) is 0 Å². The fraction of sp³-hybridized carbons (Fsp3) is 0.150. The lowest BCUT2D eigenvalue weighted by Crippen LogP contribution is -2.40. The normalized spacial score (nSPS) is 18.9. The lowest BCUT2D eigenvalue weighted by atomic mass is 9.87. The van der Waals surface area contributed by atoms with Crippen LogP contribution >= 0.6 is 15.9 Å². The molecule has 1 unspecified atom stereocenters. The smallest absolute Gasteiger partial charge is 0.449 e. The van der Waals surface area contributed by atoms with Crippen molar-refractivity contribution in [3.8, 4) is 5.75 Å². The maximum absolute atomic E-state index is 13.2. The molecule has 0 spiro atoms. The average molecular weight is 468 g/mol. The second-order valence-corrected chi connectivity index (χ2v) is 7.46. The molecule has 0 fully saturated rings.